The molecule has 1 aliphatic rings. The molecule has 2 atom stereocenters. The van der Waals surface area contributed by atoms with E-state index in [1.165, 1.54) is 7.11 Å². The molecule has 0 saturated heterocycles. The minimum atomic E-state index is -0.725. The standard InChI is InChI=1S/C25H25NO3/c1-17(16-27)23(24(28)29-2)26-25(18-10-4-3-5-11-18)21-14-8-6-12-19(21)20-13-7-9-15-22(20)25/h3-15,17,23,26-27H,16H2,1-2H3. The molecule has 3 aromatic carbocycles. The number of methoxy groups -OCH3 is 1. The van der Waals surface area contributed by atoms with Crippen molar-refractivity contribution in [1.82, 2.24) is 5.32 Å². The first kappa shape index (κ1) is 19.4. The summed E-state index contributed by atoms with van der Waals surface area (Å²) in [5.74, 6) is -0.702. The summed E-state index contributed by atoms with van der Waals surface area (Å²) in [4.78, 5) is 12.7. The van der Waals surface area contributed by atoms with Crippen molar-refractivity contribution >= 4 is 5.97 Å². The van der Waals surface area contributed by atoms with E-state index >= 15 is 0 Å². The number of benzene rings is 3. The molecule has 4 rings (SSSR count). The van der Waals surface area contributed by atoms with Gasteiger partial charge in [0.1, 0.15) is 6.04 Å². The van der Waals surface area contributed by atoms with Gasteiger partial charge in [-0.05, 0) is 27.8 Å². The maximum absolute atomic E-state index is 12.7. The van der Waals surface area contributed by atoms with Crippen molar-refractivity contribution < 1.29 is 14.6 Å². The lowest BCUT2D eigenvalue weighted by molar-refractivity contribution is -0.145. The number of carbonyl (C=O) groups is 1. The van der Waals surface area contributed by atoms with Crippen LogP contribution in [-0.4, -0.2) is 30.8 Å². The van der Waals surface area contributed by atoms with Gasteiger partial charge in [0.05, 0.1) is 12.6 Å². The fraction of sp³-hybridized carbons (Fsp3) is 0.240. The molecule has 1 aliphatic carbocycles. The molecule has 0 fully saturated rings. The van der Waals surface area contributed by atoms with Crippen molar-refractivity contribution in [3.05, 3.63) is 95.6 Å². The van der Waals surface area contributed by atoms with Crippen LogP contribution in [0.15, 0.2) is 78.9 Å². The summed E-state index contributed by atoms with van der Waals surface area (Å²) in [6.45, 7) is 1.72. The highest BCUT2D eigenvalue weighted by Gasteiger charge is 2.47. The average molecular weight is 387 g/mol. The minimum Gasteiger partial charge on any atom is -0.468 e. The average Bonchev–Trinajstić information content (AvgIpc) is 3.08. The maximum atomic E-state index is 12.7. The molecule has 0 radical (unpaired) electrons. The van der Waals surface area contributed by atoms with Crippen LogP contribution in [0.1, 0.15) is 23.6 Å². The summed E-state index contributed by atoms with van der Waals surface area (Å²) in [5.41, 5.74) is 4.77. The van der Waals surface area contributed by atoms with Crippen LogP contribution in [0, 0.1) is 5.92 Å². The zero-order chi connectivity index (χ0) is 20.4. The third kappa shape index (κ3) is 3.05. The van der Waals surface area contributed by atoms with Gasteiger partial charge in [-0.25, -0.2) is 0 Å². The molecule has 0 heterocycles. The second-order valence-electron chi connectivity index (χ2n) is 7.51. The molecule has 4 heteroatoms. The number of hydrogen-bond donors (Lipinski definition) is 2. The molecule has 0 aliphatic heterocycles. The van der Waals surface area contributed by atoms with E-state index in [-0.39, 0.29) is 18.5 Å². The van der Waals surface area contributed by atoms with Crippen LogP contribution in [0.2, 0.25) is 0 Å². The van der Waals surface area contributed by atoms with Gasteiger partial charge in [0.2, 0.25) is 0 Å². The Morgan fingerprint density at radius 1 is 0.931 bits per heavy atom. The molecule has 0 saturated carbocycles. The van der Waals surface area contributed by atoms with Crippen molar-refractivity contribution in [2.45, 2.75) is 18.5 Å². The number of aliphatic hydroxyl groups excluding tert-OH is 1. The summed E-state index contributed by atoms with van der Waals surface area (Å²) < 4.78 is 5.09. The van der Waals surface area contributed by atoms with E-state index < -0.39 is 11.6 Å². The van der Waals surface area contributed by atoms with Gasteiger partial charge < -0.3 is 9.84 Å². The Bertz CT molecular complexity index is 970. The Kier molecular flexibility index (Phi) is 5.22. The fourth-order valence-corrected chi connectivity index (χ4v) is 4.37. The summed E-state index contributed by atoms with van der Waals surface area (Å²) >= 11 is 0. The first-order valence-corrected chi connectivity index (χ1v) is 9.84. The first-order chi connectivity index (χ1) is 14.1. The molecule has 148 valence electrons. The highest BCUT2D eigenvalue weighted by Crippen LogP contribution is 2.51. The summed E-state index contributed by atoms with van der Waals surface area (Å²) in [5, 5.41) is 13.4. The largest absolute Gasteiger partial charge is 0.468 e. The lowest BCUT2D eigenvalue weighted by Crippen LogP contribution is -2.55. The minimum absolute atomic E-state index is 0.124. The Balaban J connectivity index is 2.00. The number of rotatable bonds is 6. The zero-order valence-corrected chi connectivity index (χ0v) is 16.6. The van der Waals surface area contributed by atoms with Crippen molar-refractivity contribution in [3.8, 4) is 11.1 Å². The third-order valence-electron chi connectivity index (χ3n) is 5.84. The lowest BCUT2D eigenvalue weighted by Gasteiger charge is -2.38. The molecule has 2 N–H and O–H groups in total. The third-order valence-corrected chi connectivity index (χ3v) is 5.84. The van der Waals surface area contributed by atoms with Gasteiger partial charge in [-0.2, -0.15) is 0 Å². The Labute approximate surface area is 171 Å². The topological polar surface area (TPSA) is 58.6 Å². The highest BCUT2D eigenvalue weighted by atomic mass is 16.5. The van der Waals surface area contributed by atoms with E-state index in [0.29, 0.717) is 0 Å². The van der Waals surface area contributed by atoms with E-state index in [2.05, 4.69) is 41.7 Å². The SMILES string of the molecule is COC(=O)C(NC1(c2ccccc2)c2ccccc2-c2ccccc21)C(C)CO. The molecule has 0 aromatic heterocycles. The van der Waals surface area contributed by atoms with Crippen LogP contribution >= 0.6 is 0 Å². The van der Waals surface area contributed by atoms with Crippen molar-refractivity contribution in [3.63, 3.8) is 0 Å². The smallest absolute Gasteiger partial charge is 0.323 e. The molecule has 29 heavy (non-hydrogen) atoms. The van der Waals surface area contributed by atoms with Gasteiger partial charge in [0, 0.05) is 12.5 Å². The molecule has 4 nitrogen and oxygen atoms in total. The number of esters is 1. The lowest BCUT2D eigenvalue weighted by atomic mass is 9.79. The number of aliphatic hydroxyl groups is 1. The van der Waals surface area contributed by atoms with Crippen LogP contribution in [0.4, 0.5) is 0 Å². The van der Waals surface area contributed by atoms with Crippen LogP contribution < -0.4 is 5.32 Å². The number of ether oxygens (including phenoxy) is 1. The number of hydrogen-bond acceptors (Lipinski definition) is 4. The van der Waals surface area contributed by atoms with E-state index in [4.69, 9.17) is 4.74 Å². The zero-order valence-electron chi connectivity index (χ0n) is 16.6. The second kappa shape index (κ2) is 7.82. The van der Waals surface area contributed by atoms with Gasteiger partial charge in [0.25, 0.3) is 0 Å². The predicted octanol–water partition coefficient (Wildman–Crippen LogP) is 3.72. The maximum Gasteiger partial charge on any atom is 0.323 e. The molecule has 2 unspecified atom stereocenters. The number of nitrogens with one attached hydrogen (secondary N) is 1. The van der Waals surface area contributed by atoms with Crippen LogP contribution in [0.3, 0.4) is 0 Å². The number of carbonyl (C=O) groups excluding carboxylic acids is 1. The van der Waals surface area contributed by atoms with Crippen LogP contribution in [-0.2, 0) is 15.1 Å². The van der Waals surface area contributed by atoms with Crippen molar-refractivity contribution in [2.75, 3.05) is 13.7 Å². The number of fused-ring (bicyclic) bond motifs is 3. The van der Waals surface area contributed by atoms with E-state index in [1.807, 2.05) is 49.4 Å². The van der Waals surface area contributed by atoms with Gasteiger partial charge in [0.15, 0.2) is 0 Å². The molecular formula is C25H25NO3. The normalized spacial score (nSPS) is 15.8. The Morgan fingerprint density at radius 2 is 1.45 bits per heavy atom. The second-order valence-corrected chi connectivity index (χ2v) is 7.51. The monoisotopic (exact) mass is 387 g/mol. The van der Waals surface area contributed by atoms with Gasteiger partial charge in [-0.15, -0.1) is 0 Å². The first-order valence-electron chi connectivity index (χ1n) is 9.84. The van der Waals surface area contributed by atoms with E-state index in [9.17, 15) is 9.90 Å². The van der Waals surface area contributed by atoms with E-state index in [0.717, 1.165) is 27.8 Å². The summed E-state index contributed by atoms with van der Waals surface area (Å²) in [6, 6.07) is 26.0. The Morgan fingerprint density at radius 3 is 1.97 bits per heavy atom. The molecule has 0 spiro atoms. The summed E-state index contributed by atoms with van der Waals surface area (Å²) in [7, 11) is 1.38. The van der Waals surface area contributed by atoms with Crippen LogP contribution in [0.25, 0.3) is 11.1 Å². The van der Waals surface area contributed by atoms with Gasteiger partial charge >= 0.3 is 5.97 Å². The van der Waals surface area contributed by atoms with Gasteiger partial charge in [-0.1, -0.05) is 85.8 Å². The fourth-order valence-electron chi connectivity index (χ4n) is 4.37. The van der Waals surface area contributed by atoms with E-state index in [1.54, 1.807) is 0 Å². The Hall–Kier alpha value is -2.95. The van der Waals surface area contributed by atoms with Gasteiger partial charge in [-0.3, -0.25) is 10.1 Å². The predicted molar refractivity (Wildman–Crippen MR) is 113 cm³/mol. The van der Waals surface area contributed by atoms with Crippen LogP contribution in [0.5, 0.6) is 0 Å². The summed E-state index contributed by atoms with van der Waals surface area (Å²) in [6.07, 6.45) is 0. The van der Waals surface area contributed by atoms with Crippen molar-refractivity contribution in [1.29, 1.82) is 0 Å². The highest BCUT2D eigenvalue weighted by molar-refractivity contribution is 5.84. The molecule has 3 aromatic rings. The molecule has 0 bridgehead atoms. The molecule has 0 amide bonds. The molecular weight excluding hydrogens is 362 g/mol. The quantitative estimate of drug-likeness (QED) is 0.633. The van der Waals surface area contributed by atoms with Crippen molar-refractivity contribution in [2.24, 2.45) is 5.92 Å².